The molecule has 1 fully saturated rings. The molecule has 0 spiro atoms. The van der Waals surface area contributed by atoms with E-state index in [9.17, 15) is 19.5 Å². The van der Waals surface area contributed by atoms with Gasteiger partial charge in [-0.15, -0.1) is 23.1 Å². The minimum Gasteiger partial charge on any atom is -0.477 e. The normalized spacial score (nSPS) is 19.3. The monoisotopic (exact) mass is 542 g/mol. The van der Waals surface area contributed by atoms with E-state index in [2.05, 4.69) is 30.6 Å². The van der Waals surface area contributed by atoms with Crippen molar-refractivity contribution in [3.63, 3.8) is 0 Å². The zero-order valence-corrected chi connectivity index (χ0v) is 20.8. The van der Waals surface area contributed by atoms with Crippen LogP contribution in [-0.2, 0) is 25.8 Å². The van der Waals surface area contributed by atoms with Crippen LogP contribution in [0.5, 0.6) is 0 Å². The highest BCUT2D eigenvalue weighted by atomic mass is 32.2. The number of nitrogens with zero attached hydrogens (tertiary/aromatic N) is 6. The summed E-state index contributed by atoms with van der Waals surface area (Å²) in [5.41, 5.74) is 6.97. The highest BCUT2D eigenvalue weighted by Gasteiger charge is 2.54. The molecule has 3 aromatic rings. The smallest absolute Gasteiger partial charge is 0.352 e. The number of anilines is 1. The predicted octanol–water partition coefficient (Wildman–Crippen LogP) is -0.413. The Balaban J connectivity index is 1.35. The topological polar surface area (TPSA) is 193 Å². The Hall–Kier alpha value is -4.31. The first-order chi connectivity index (χ1) is 17.9. The van der Waals surface area contributed by atoms with Gasteiger partial charge in [0.25, 0.3) is 11.8 Å². The van der Waals surface area contributed by atoms with E-state index in [1.54, 1.807) is 11.6 Å². The Morgan fingerprint density at radius 2 is 2.30 bits per heavy atom. The number of β-lactam (4-membered cyclic amide) rings is 1. The van der Waals surface area contributed by atoms with Crippen LogP contribution in [0.1, 0.15) is 5.69 Å². The number of aromatic amines is 1. The SMILES string of the molecule is CO/N=C(\C(=O)N[C@@H]1C(=O)N2C(C(=O)O)=C(C[n+]3cccc(-c4ncn[nH]4)c3)CS[C@H]12)c1csc(N)n1. The van der Waals surface area contributed by atoms with Gasteiger partial charge in [0.05, 0.1) is 5.56 Å². The van der Waals surface area contributed by atoms with E-state index in [-0.39, 0.29) is 28.8 Å². The third-order valence-electron chi connectivity index (χ3n) is 5.62. The molecule has 0 unspecified atom stereocenters. The number of thioether (sulfide) groups is 1. The van der Waals surface area contributed by atoms with Crippen LogP contribution >= 0.6 is 23.1 Å². The summed E-state index contributed by atoms with van der Waals surface area (Å²) in [4.78, 5) is 52.3. The van der Waals surface area contributed by atoms with Crippen LogP contribution in [0.15, 0.2) is 52.7 Å². The molecule has 0 bridgehead atoms. The van der Waals surface area contributed by atoms with E-state index in [4.69, 9.17) is 10.6 Å². The van der Waals surface area contributed by atoms with Gasteiger partial charge in [0.2, 0.25) is 0 Å². The number of H-pyrrole nitrogens is 1. The third kappa shape index (κ3) is 4.63. The van der Waals surface area contributed by atoms with Gasteiger partial charge in [0.15, 0.2) is 35.6 Å². The van der Waals surface area contributed by atoms with Gasteiger partial charge in [-0.1, -0.05) is 5.16 Å². The second-order valence-electron chi connectivity index (χ2n) is 7.91. The van der Waals surface area contributed by atoms with Crippen molar-refractivity contribution in [2.45, 2.75) is 18.0 Å². The number of pyridine rings is 1. The van der Waals surface area contributed by atoms with E-state index >= 15 is 0 Å². The van der Waals surface area contributed by atoms with Gasteiger partial charge in [-0.3, -0.25) is 19.6 Å². The van der Waals surface area contributed by atoms with Crippen molar-refractivity contribution in [2.75, 3.05) is 18.6 Å². The number of fused-ring (bicyclic) bond motifs is 1. The summed E-state index contributed by atoms with van der Waals surface area (Å²) in [5, 5.41) is 24.2. The second-order valence-corrected chi connectivity index (χ2v) is 9.91. The Labute approximate surface area is 217 Å². The van der Waals surface area contributed by atoms with Crippen LogP contribution in [0.2, 0.25) is 0 Å². The minimum atomic E-state index is -1.22. The van der Waals surface area contributed by atoms with Crippen LogP contribution in [0, 0.1) is 0 Å². The van der Waals surface area contributed by atoms with Gasteiger partial charge in [-0.2, -0.15) is 5.10 Å². The molecule has 5 N–H and O–H groups in total. The first kappa shape index (κ1) is 24.4. The average Bonchev–Trinajstić information content (AvgIpc) is 3.57. The standard InChI is InChI=1S/C21H19N9O5S2/c1-35-28-13(12-8-37-21(22)25-12)17(31)26-14-18(32)30-15(20(33)34)11(7-36-19(14)30)6-29-4-2-3-10(5-29)16-23-9-24-27-16/h2-5,8-9,14,19H,6-7H2,1H3,(H4-,22,23,24,25,26,27,31,33,34)/p+1/b28-13-/t14-,19-/m1/s1. The van der Waals surface area contributed by atoms with Gasteiger partial charge in [0, 0.05) is 22.8 Å². The second kappa shape index (κ2) is 9.98. The summed E-state index contributed by atoms with van der Waals surface area (Å²) in [5.74, 6) is -1.51. The van der Waals surface area contributed by atoms with Crippen molar-refractivity contribution in [1.29, 1.82) is 0 Å². The molecule has 0 saturated carbocycles. The van der Waals surface area contributed by atoms with Crippen LogP contribution in [0.4, 0.5) is 5.13 Å². The molecule has 0 aromatic carbocycles. The summed E-state index contributed by atoms with van der Waals surface area (Å²) < 4.78 is 1.81. The molecule has 2 aliphatic rings. The Bertz CT molecular complexity index is 1440. The third-order valence-corrected chi connectivity index (χ3v) is 7.63. The van der Waals surface area contributed by atoms with Crippen molar-refractivity contribution < 1.29 is 28.9 Å². The number of nitrogens with one attached hydrogen (secondary N) is 2. The number of oxime groups is 1. The summed E-state index contributed by atoms with van der Waals surface area (Å²) in [6.45, 7) is 0.250. The number of aromatic nitrogens is 5. The number of carbonyl (C=O) groups excluding carboxylic acids is 2. The molecule has 2 aliphatic heterocycles. The van der Waals surface area contributed by atoms with Crippen molar-refractivity contribution >= 4 is 51.7 Å². The Kier molecular flexibility index (Phi) is 6.58. The molecule has 37 heavy (non-hydrogen) atoms. The van der Waals surface area contributed by atoms with Gasteiger partial charge in [0.1, 0.15) is 36.2 Å². The van der Waals surface area contributed by atoms with Gasteiger partial charge in [-0.05, 0) is 6.07 Å². The first-order valence-corrected chi connectivity index (χ1v) is 12.7. The number of hydrogen-bond donors (Lipinski definition) is 4. The molecule has 3 aromatic heterocycles. The summed E-state index contributed by atoms with van der Waals surface area (Å²) in [6, 6.07) is 2.73. The lowest BCUT2D eigenvalue weighted by Crippen LogP contribution is -2.71. The molecular weight excluding hydrogens is 522 g/mol. The molecule has 0 aliphatic carbocycles. The maximum atomic E-state index is 13.0. The van der Waals surface area contributed by atoms with Gasteiger partial charge >= 0.3 is 5.97 Å². The van der Waals surface area contributed by atoms with Crippen molar-refractivity contribution in [2.24, 2.45) is 5.16 Å². The summed E-state index contributed by atoms with van der Waals surface area (Å²) in [6.07, 6.45) is 5.01. The lowest BCUT2D eigenvalue weighted by molar-refractivity contribution is -0.688. The average molecular weight is 543 g/mol. The lowest BCUT2D eigenvalue weighted by Gasteiger charge is -2.49. The van der Waals surface area contributed by atoms with E-state index in [0.29, 0.717) is 17.2 Å². The quantitative estimate of drug-likeness (QED) is 0.126. The number of hydrogen-bond acceptors (Lipinski definition) is 11. The molecule has 5 rings (SSSR count). The van der Waals surface area contributed by atoms with E-state index in [0.717, 1.165) is 16.9 Å². The van der Waals surface area contributed by atoms with Crippen LogP contribution < -0.4 is 15.6 Å². The number of nitrogen functional groups attached to an aromatic ring is 1. The van der Waals surface area contributed by atoms with Crippen LogP contribution in [0.3, 0.4) is 0 Å². The fraction of sp³-hybridized carbons (Fsp3) is 0.238. The van der Waals surface area contributed by atoms with E-state index in [1.165, 1.54) is 30.1 Å². The molecule has 14 nitrogen and oxygen atoms in total. The molecule has 1 saturated heterocycles. The number of carbonyl (C=O) groups is 3. The fourth-order valence-corrected chi connectivity index (χ4v) is 5.91. The molecule has 0 radical (unpaired) electrons. The highest BCUT2D eigenvalue weighted by Crippen LogP contribution is 2.40. The first-order valence-electron chi connectivity index (χ1n) is 10.8. The van der Waals surface area contributed by atoms with Crippen molar-refractivity contribution in [3.8, 4) is 11.4 Å². The lowest BCUT2D eigenvalue weighted by atomic mass is 10.0. The zero-order valence-electron chi connectivity index (χ0n) is 19.2. The number of nitrogens with two attached hydrogens (primary N) is 1. The van der Waals surface area contributed by atoms with Gasteiger partial charge in [-0.25, -0.2) is 19.3 Å². The zero-order chi connectivity index (χ0) is 26.1. The van der Waals surface area contributed by atoms with Gasteiger partial charge < -0.3 is 21.0 Å². The number of aliphatic carboxylic acids is 1. The molecule has 5 heterocycles. The highest BCUT2D eigenvalue weighted by molar-refractivity contribution is 8.00. The van der Waals surface area contributed by atoms with E-state index < -0.39 is 29.2 Å². The number of rotatable bonds is 8. The summed E-state index contributed by atoms with van der Waals surface area (Å²) in [7, 11) is 1.28. The fourth-order valence-electron chi connectivity index (χ4n) is 4.03. The number of carboxylic acid groups (broad SMARTS) is 1. The molecule has 2 atom stereocenters. The predicted molar refractivity (Wildman–Crippen MR) is 132 cm³/mol. The molecular formula is C21H20N9O5S2+. The Morgan fingerprint density at radius 3 is 2.97 bits per heavy atom. The minimum absolute atomic E-state index is 0.0881. The van der Waals surface area contributed by atoms with E-state index in [1.807, 2.05) is 22.9 Å². The Morgan fingerprint density at radius 1 is 1.46 bits per heavy atom. The summed E-state index contributed by atoms with van der Waals surface area (Å²) >= 11 is 2.49. The molecule has 190 valence electrons. The van der Waals surface area contributed by atoms with Crippen LogP contribution in [0.25, 0.3) is 11.4 Å². The maximum absolute atomic E-state index is 13.0. The van der Waals surface area contributed by atoms with Crippen molar-refractivity contribution in [3.05, 3.63) is 53.2 Å². The van der Waals surface area contributed by atoms with Crippen LogP contribution in [-0.4, -0.2) is 77.9 Å². The molecule has 2 amide bonds. The maximum Gasteiger partial charge on any atom is 0.352 e. The largest absolute Gasteiger partial charge is 0.477 e. The van der Waals surface area contributed by atoms with Crippen molar-refractivity contribution in [1.82, 2.24) is 30.4 Å². The number of carboxylic acids is 1. The number of thiazole rings is 1. The molecule has 16 heteroatoms. The number of amides is 2.